The van der Waals surface area contributed by atoms with E-state index in [1.165, 1.54) is 16.9 Å². The molecule has 0 amide bonds. The fourth-order valence-electron chi connectivity index (χ4n) is 0.764. The zero-order valence-electron chi connectivity index (χ0n) is 6.59. The van der Waals surface area contributed by atoms with Gasteiger partial charge < -0.3 is 0 Å². The normalized spacial score (nSPS) is 8.82. The third-order valence-electron chi connectivity index (χ3n) is 1.15. The Morgan fingerprint density at radius 2 is 2.27 bits per heavy atom. The summed E-state index contributed by atoms with van der Waals surface area (Å²) in [5.41, 5.74) is 1.27. The van der Waals surface area contributed by atoms with Crippen LogP contribution in [0.1, 0.15) is 18.7 Å². The van der Waals surface area contributed by atoms with Crippen molar-refractivity contribution in [2.24, 2.45) is 0 Å². The fourth-order valence-corrected chi connectivity index (χ4v) is 1.62. The maximum absolute atomic E-state index is 6.75. The standard InChI is InChI=1S/C9H9NS/c1-7(2)6-8-4-5-9(10-3)11-8/h4-6H,1-2H3. The molecule has 0 aliphatic heterocycles. The second-order valence-electron chi connectivity index (χ2n) is 2.51. The van der Waals surface area contributed by atoms with Crippen molar-refractivity contribution in [2.45, 2.75) is 13.8 Å². The molecule has 0 aliphatic rings. The van der Waals surface area contributed by atoms with Crippen LogP contribution in [0.25, 0.3) is 10.9 Å². The topological polar surface area (TPSA) is 4.36 Å². The van der Waals surface area contributed by atoms with Crippen molar-refractivity contribution in [3.8, 4) is 0 Å². The molecule has 56 valence electrons. The highest BCUT2D eigenvalue weighted by molar-refractivity contribution is 7.17. The molecule has 11 heavy (non-hydrogen) atoms. The summed E-state index contributed by atoms with van der Waals surface area (Å²) in [7, 11) is 0. The first kappa shape index (κ1) is 8.03. The summed E-state index contributed by atoms with van der Waals surface area (Å²) >= 11 is 1.53. The molecule has 0 radical (unpaired) electrons. The number of nitrogens with zero attached hydrogens (tertiary/aromatic N) is 1. The zero-order chi connectivity index (χ0) is 8.27. The molecule has 2 heteroatoms. The number of hydrogen-bond acceptors (Lipinski definition) is 1. The molecule has 0 saturated carbocycles. The van der Waals surface area contributed by atoms with Crippen molar-refractivity contribution in [2.75, 3.05) is 0 Å². The van der Waals surface area contributed by atoms with Crippen molar-refractivity contribution in [3.05, 3.63) is 34.0 Å². The van der Waals surface area contributed by atoms with Gasteiger partial charge in [0, 0.05) is 4.88 Å². The Hall–Kier alpha value is -1.07. The highest BCUT2D eigenvalue weighted by Gasteiger charge is 1.94. The summed E-state index contributed by atoms with van der Waals surface area (Å²) < 4.78 is 0. The van der Waals surface area contributed by atoms with Crippen LogP contribution in [0.3, 0.4) is 0 Å². The SMILES string of the molecule is [C-]#[N+]c1ccc(C=C(C)C)s1. The largest absolute Gasteiger partial charge is 0.241 e. The van der Waals surface area contributed by atoms with E-state index in [9.17, 15) is 0 Å². The van der Waals surface area contributed by atoms with Gasteiger partial charge in [-0.05, 0) is 26.0 Å². The number of hydrogen-bond donors (Lipinski definition) is 0. The van der Waals surface area contributed by atoms with Gasteiger partial charge in [-0.15, -0.1) is 0 Å². The molecule has 0 aliphatic carbocycles. The maximum atomic E-state index is 6.75. The highest BCUT2D eigenvalue weighted by atomic mass is 32.1. The van der Waals surface area contributed by atoms with E-state index in [2.05, 4.69) is 24.8 Å². The number of rotatable bonds is 1. The van der Waals surface area contributed by atoms with Crippen LogP contribution in [0.15, 0.2) is 17.7 Å². The van der Waals surface area contributed by atoms with E-state index in [4.69, 9.17) is 6.57 Å². The van der Waals surface area contributed by atoms with Gasteiger partial charge >= 0.3 is 0 Å². The van der Waals surface area contributed by atoms with Crippen LogP contribution < -0.4 is 0 Å². The first-order valence-electron chi connectivity index (χ1n) is 3.34. The van der Waals surface area contributed by atoms with Crippen LogP contribution in [0, 0.1) is 6.57 Å². The van der Waals surface area contributed by atoms with E-state index in [0.29, 0.717) is 0 Å². The minimum Gasteiger partial charge on any atom is -0.227 e. The first-order valence-corrected chi connectivity index (χ1v) is 4.16. The molecule has 1 heterocycles. The predicted octanol–water partition coefficient (Wildman–Crippen LogP) is 3.72. The highest BCUT2D eigenvalue weighted by Crippen LogP contribution is 2.26. The Morgan fingerprint density at radius 1 is 1.55 bits per heavy atom. The molecule has 1 aromatic rings. The minimum absolute atomic E-state index is 0.762. The zero-order valence-corrected chi connectivity index (χ0v) is 7.40. The second-order valence-corrected chi connectivity index (χ2v) is 3.60. The Morgan fingerprint density at radius 3 is 2.73 bits per heavy atom. The Bertz CT molecular complexity index is 311. The molecule has 0 bridgehead atoms. The Kier molecular flexibility index (Phi) is 2.45. The van der Waals surface area contributed by atoms with Crippen molar-refractivity contribution in [3.63, 3.8) is 0 Å². The van der Waals surface area contributed by atoms with Crippen LogP contribution in [0.2, 0.25) is 0 Å². The summed E-state index contributed by atoms with van der Waals surface area (Å²) in [6, 6.07) is 3.83. The second kappa shape index (κ2) is 3.36. The summed E-state index contributed by atoms with van der Waals surface area (Å²) in [5, 5.41) is 0.762. The summed E-state index contributed by atoms with van der Waals surface area (Å²) in [4.78, 5) is 4.50. The minimum atomic E-state index is 0.762. The predicted molar refractivity (Wildman–Crippen MR) is 49.9 cm³/mol. The summed E-state index contributed by atoms with van der Waals surface area (Å²) in [6.45, 7) is 10.9. The van der Waals surface area contributed by atoms with Gasteiger partial charge in [0.2, 0.25) is 5.00 Å². The summed E-state index contributed by atoms with van der Waals surface area (Å²) in [5.74, 6) is 0. The van der Waals surface area contributed by atoms with Gasteiger partial charge in [0.1, 0.15) is 0 Å². The van der Waals surface area contributed by atoms with Crippen molar-refractivity contribution in [1.29, 1.82) is 0 Å². The van der Waals surface area contributed by atoms with E-state index >= 15 is 0 Å². The van der Waals surface area contributed by atoms with Crippen LogP contribution in [0.5, 0.6) is 0 Å². The van der Waals surface area contributed by atoms with E-state index in [-0.39, 0.29) is 0 Å². The molecule has 0 N–H and O–H groups in total. The lowest BCUT2D eigenvalue weighted by Crippen LogP contribution is -1.60. The molecular formula is C9H9NS. The first-order chi connectivity index (χ1) is 5.22. The fraction of sp³-hybridized carbons (Fsp3) is 0.222. The van der Waals surface area contributed by atoms with Gasteiger partial charge in [-0.2, -0.15) is 11.3 Å². The van der Waals surface area contributed by atoms with Crippen LogP contribution in [-0.2, 0) is 0 Å². The molecule has 0 aromatic carbocycles. The number of allylic oxidation sites excluding steroid dienone is 1. The average Bonchev–Trinajstić information content (AvgIpc) is 2.34. The molecule has 0 unspecified atom stereocenters. The molecule has 0 spiro atoms. The molecule has 1 aromatic heterocycles. The van der Waals surface area contributed by atoms with Gasteiger partial charge in [0.15, 0.2) is 0 Å². The Labute approximate surface area is 70.8 Å². The monoisotopic (exact) mass is 163 g/mol. The third-order valence-corrected chi connectivity index (χ3v) is 2.08. The maximum Gasteiger partial charge on any atom is 0.241 e. The molecule has 0 atom stereocenters. The van der Waals surface area contributed by atoms with E-state index in [1.54, 1.807) is 0 Å². The molecular weight excluding hydrogens is 154 g/mol. The van der Waals surface area contributed by atoms with Gasteiger partial charge in [0.25, 0.3) is 0 Å². The van der Waals surface area contributed by atoms with Gasteiger partial charge in [-0.1, -0.05) is 11.6 Å². The Balaban J connectivity index is 2.92. The smallest absolute Gasteiger partial charge is 0.227 e. The average molecular weight is 163 g/mol. The van der Waals surface area contributed by atoms with Crippen LogP contribution in [0.4, 0.5) is 5.00 Å². The lowest BCUT2D eigenvalue weighted by Gasteiger charge is -1.85. The summed E-state index contributed by atoms with van der Waals surface area (Å²) in [6.07, 6.45) is 2.08. The van der Waals surface area contributed by atoms with Gasteiger partial charge in [0.05, 0.1) is 6.57 Å². The molecule has 0 saturated heterocycles. The van der Waals surface area contributed by atoms with Crippen molar-refractivity contribution in [1.82, 2.24) is 0 Å². The van der Waals surface area contributed by atoms with Gasteiger partial charge in [-0.3, -0.25) is 0 Å². The van der Waals surface area contributed by atoms with E-state index in [0.717, 1.165) is 9.88 Å². The molecule has 1 nitrogen and oxygen atoms in total. The molecule has 0 fully saturated rings. The van der Waals surface area contributed by atoms with Crippen LogP contribution >= 0.6 is 11.3 Å². The van der Waals surface area contributed by atoms with E-state index < -0.39 is 0 Å². The quantitative estimate of drug-likeness (QED) is 0.556. The van der Waals surface area contributed by atoms with Gasteiger partial charge in [-0.25, -0.2) is 4.85 Å². The van der Waals surface area contributed by atoms with E-state index in [1.807, 2.05) is 12.1 Å². The molecule has 1 rings (SSSR count). The lowest BCUT2D eigenvalue weighted by molar-refractivity contribution is 1.43. The van der Waals surface area contributed by atoms with Crippen molar-refractivity contribution < 1.29 is 0 Å². The van der Waals surface area contributed by atoms with Crippen molar-refractivity contribution >= 4 is 22.4 Å². The van der Waals surface area contributed by atoms with Crippen LogP contribution in [-0.4, -0.2) is 0 Å². The lowest BCUT2D eigenvalue weighted by atomic mass is 10.3. The third kappa shape index (κ3) is 2.21. The number of thiophene rings is 1.